The van der Waals surface area contributed by atoms with Crippen LogP contribution >= 0.6 is 0 Å². The highest BCUT2D eigenvalue weighted by Crippen LogP contribution is 2.33. The molecule has 0 unspecified atom stereocenters. The number of ether oxygens (including phenoxy) is 2. The first-order valence-corrected chi connectivity index (χ1v) is 8.38. The Labute approximate surface area is 130 Å². The van der Waals surface area contributed by atoms with E-state index in [1.807, 2.05) is 25.1 Å². The maximum absolute atomic E-state index is 12.8. The Morgan fingerprint density at radius 2 is 1.73 bits per heavy atom. The van der Waals surface area contributed by atoms with Crippen molar-refractivity contribution in [1.82, 2.24) is 0 Å². The molecule has 0 spiro atoms. The summed E-state index contributed by atoms with van der Waals surface area (Å²) in [4.78, 5) is 0.181. The average molecular weight is 319 g/mol. The Bertz CT molecular complexity index is 802. The number of nitrogens with zero attached hydrogens (tertiary/aromatic N) is 1. The van der Waals surface area contributed by atoms with Crippen molar-refractivity contribution in [2.45, 2.75) is 11.8 Å². The van der Waals surface area contributed by atoms with Gasteiger partial charge in [0.15, 0.2) is 11.5 Å². The summed E-state index contributed by atoms with van der Waals surface area (Å²) < 4.78 is 37.7. The molecule has 116 valence electrons. The van der Waals surface area contributed by atoms with E-state index in [0.717, 1.165) is 5.56 Å². The van der Waals surface area contributed by atoms with E-state index < -0.39 is 10.0 Å². The van der Waals surface area contributed by atoms with Gasteiger partial charge in [0.1, 0.15) is 13.2 Å². The van der Waals surface area contributed by atoms with Gasteiger partial charge in [-0.3, -0.25) is 4.31 Å². The van der Waals surface area contributed by atoms with Gasteiger partial charge in [0.05, 0.1) is 10.6 Å². The summed E-state index contributed by atoms with van der Waals surface area (Å²) in [5.74, 6) is 1.04. The highest BCUT2D eigenvalue weighted by Gasteiger charge is 2.24. The minimum absolute atomic E-state index is 0.181. The van der Waals surface area contributed by atoms with Crippen molar-refractivity contribution < 1.29 is 17.9 Å². The second kappa shape index (κ2) is 5.53. The van der Waals surface area contributed by atoms with Crippen molar-refractivity contribution in [1.29, 1.82) is 0 Å². The van der Waals surface area contributed by atoms with Crippen molar-refractivity contribution in [2.24, 2.45) is 0 Å². The van der Waals surface area contributed by atoms with Crippen LogP contribution in [0.5, 0.6) is 11.5 Å². The molecule has 22 heavy (non-hydrogen) atoms. The molecule has 2 aromatic carbocycles. The fraction of sp³-hybridized carbons (Fsp3) is 0.250. The van der Waals surface area contributed by atoms with Crippen LogP contribution in [-0.2, 0) is 10.0 Å². The average Bonchev–Trinajstić information content (AvgIpc) is 2.53. The fourth-order valence-corrected chi connectivity index (χ4v) is 3.51. The summed E-state index contributed by atoms with van der Waals surface area (Å²) in [6.45, 7) is 2.82. The van der Waals surface area contributed by atoms with Gasteiger partial charge >= 0.3 is 0 Å². The van der Waals surface area contributed by atoms with Crippen LogP contribution in [0.3, 0.4) is 0 Å². The monoisotopic (exact) mass is 319 g/mol. The van der Waals surface area contributed by atoms with Crippen LogP contribution in [0.1, 0.15) is 5.56 Å². The molecule has 0 atom stereocenters. The van der Waals surface area contributed by atoms with E-state index in [1.54, 1.807) is 19.2 Å². The third-order valence-corrected chi connectivity index (χ3v) is 5.32. The lowest BCUT2D eigenvalue weighted by atomic mass is 10.2. The Morgan fingerprint density at radius 1 is 1.00 bits per heavy atom. The van der Waals surface area contributed by atoms with Gasteiger partial charge in [-0.25, -0.2) is 8.42 Å². The number of hydrogen-bond donors (Lipinski definition) is 0. The Balaban J connectivity index is 1.99. The molecular formula is C16H17NO4S. The SMILES string of the molecule is Cc1cccc(N(C)S(=O)(=O)c2ccc3c(c2)OCCO3)c1. The summed E-state index contributed by atoms with van der Waals surface area (Å²) in [7, 11) is -2.10. The number of sulfonamides is 1. The number of aryl methyl sites for hydroxylation is 1. The van der Waals surface area contributed by atoms with Crippen LogP contribution in [0.25, 0.3) is 0 Å². The Hall–Kier alpha value is -2.21. The zero-order chi connectivity index (χ0) is 15.7. The van der Waals surface area contributed by atoms with E-state index in [0.29, 0.717) is 30.4 Å². The molecule has 0 N–H and O–H groups in total. The third kappa shape index (κ3) is 2.62. The first kappa shape index (κ1) is 14.7. The standard InChI is InChI=1S/C16H17NO4S/c1-12-4-3-5-13(10-12)17(2)22(18,19)14-6-7-15-16(11-14)21-9-8-20-15/h3-7,10-11H,8-9H2,1-2H3. The second-order valence-electron chi connectivity index (χ2n) is 5.12. The lowest BCUT2D eigenvalue weighted by molar-refractivity contribution is 0.171. The number of anilines is 1. The minimum atomic E-state index is -3.64. The van der Waals surface area contributed by atoms with Crippen LogP contribution < -0.4 is 13.8 Å². The molecule has 1 aliphatic heterocycles. The van der Waals surface area contributed by atoms with Crippen molar-refractivity contribution >= 4 is 15.7 Å². The van der Waals surface area contributed by atoms with Crippen molar-refractivity contribution in [3.05, 3.63) is 48.0 Å². The van der Waals surface area contributed by atoms with Gasteiger partial charge in [0, 0.05) is 13.1 Å². The highest BCUT2D eigenvalue weighted by molar-refractivity contribution is 7.92. The molecule has 0 aromatic heterocycles. The van der Waals surface area contributed by atoms with Gasteiger partial charge in [0.25, 0.3) is 10.0 Å². The maximum atomic E-state index is 12.8. The summed E-state index contributed by atoms with van der Waals surface area (Å²) in [6, 6.07) is 12.0. The molecule has 0 fully saturated rings. The summed E-state index contributed by atoms with van der Waals surface area (Å²) in [5, 5.41) is 0. The van der Waals surface area contributed by atoms with E-state index in [2.05, 4.69) is 0 Å². The Kier molecular flexibility index (Phi) is 3.70. The lowest BCUT2D eigenvalue weighted by Crippen LogP contribution is -2.27. The zero-order valence-electron chi connectivity index (χ0n) is 12.4. The van der Waals surface area contributed by atoms with E-state index in [4.69, 9.17) is 9.47 Å². The normalized spacial score (nSPS) is 13.7. The quantitative estimate of drug-likeness (QED) is 0.872. The first-order chi connectivity index (χ1) is 10.5. The molecule has 0 aliphatic carbocycles. The van der Waals surface area contributed by atoms with Gasteiger partial charge in [-0.2, -0.15) is 0 Å². The number of rotatable bonds is 3. The van der Waals surface area contributed by atoms with Crippen LogP contribution in [-0.4, -0.2) is 28.7 Å². The van der Waals surface area contributed by atoms with Crippen molar-refractivity contribution in [2.75, 3.05) is 24.6 Å². The molecule has 2 aromatic rings. The number of benzene rings is 2. The summed E-state index contributed by atoms with van der Waals surface area (Å²) >= 11 is 0. The van der Waals surface area contributed by atoms with E-state index in [9.17, 15) is 8.42 Å². The van der Waals surface area contributed by atoms with Crippen molar-refractivity contribution in [3.8, 4) is 11.5 Å². The van der Waals surface area contributed by atoms with Gasteiger partial charge in [0.2, 0.25) is 0 Å². The molecule has 0 saturated carbocycles. The molecule has 0 amide bonds. The van der Waals surface area contributed by atoms with Gasteiger partial charge < -0.3 is 9.47 Å². The molecule has 5 nitrogen and oxygen atoms in total. The molecular weight excluding hydrogens is 302 g/mol. The minimum Gasteiger partial charge on any atom is -0.486 e. The maximum Gasteiger partial charge on any atom is 0.264 e. The van der Waals surface area contributed by atoms with E-state index in [-0.39, 0.29) is 4.90 Å². The molecule has 3 rings (SSSR count). The predicted octanol–water partition coefficient (Wildman–Crippen LogP) is 2.59. The summed E-state index contributed by atoms with van der Waals surface area (Å²) in [5.41, 5.74) is 1.62. The second-order valence-corrected chi connectivity index (χ2v) is 7.09. The van der Waals surface area contributed by atoms with Crippen molar-refractivity contribution in [3.63, 3.8) is 0 Å². The predicted molar refractivity (Wildman–Crippen MR) is 84.2 cm³/mol. The largest absolute Gasteiger partial charge is 0.486 e. The zero-order valence-corrected chi connectivity index (χ0v) is 13.3. The van der Waals surface area contributed by atoms with Crippen LogP contribution in [0, 0.1) is 6.92 Å². The van der Waals surface area contributed by atoms with Gasteiger partial charge in [-0.05, 0) is 36.8 Å². The number of hydrogen-bond acceptors (Lipinski definition) is 4. The molecule has 0 saturated heterocycles. The Morgan fingerprint density at radius 3 is 2.45 bits per heavy atom. The number of fused-ring (bicyclic) bond motifs is 1. The molecule has 1 aliphatic rings. The first-order valence-electron chi connectivity index (χ1n) is 6.94. The van der Waals surface area contributed by atoms with E-state index in [1.165, 1.54) is 16.4 Å². The van der Waals surface area contributed by atoms with Gasteiger partial charge in [-0.15, -0.1) is 0 Å². The van der Waals surface area contributed by atoms with Crippen LogP contribution in [0.2, 0.25) is 0 Å². The summed E-state index contributed by atoms with van der Waals surface area (Å²) in [6.07, 6.45) is 0. The molecule has 0 radical (unpaired) electrons. The molecule has 6 heteroatoms. The smallest absolute Gasteiger partial charge is 0.264 e. The highest BCUT2D eigenvalue weighted by atomic mass is 32.2. The molecule has 0 bridgehead atoms. The third-order valence-electron chi connectivity index (χ3n) is 3.54. The fourth-order valence-electron chi connectivity index (χ4n) is 2.30. The topological polar surface area (TPSA) is 55.8 Å². The lowest BCUT2D eigenvalue weighted by Gasteiger charge is -2.22. The molecule has 1 heterocycles. The van der Waals surface area contributed by atoms with Crippen LogP contribution in [0.15, 0.2) is 47.4 Å². The van der Waals surface area contributed by atoms with Gasteiger partial charge in [-0.1, -0.05) is 12.1 Å². The van der Waals surface area contributed by atoms with E-state index >= 15 is 0 Å². The van der Waals surface area contributed by atoms with Crippen LogP contribution in [0.4, 0.5) is 5.69 Å².